The van der Waals surface area contributed by atoms with Crippen LogP contribution in [0.3, 0.4) is 0 Å². The van der Waals surface area contributed by atoms with Gasteiger partial charge in [-0.05, 0) is 43.1 Å². The third kappa shape index (κ3) is 3.80. The number of rotatable bonds is 6. The van der Waals surface area contributed by atoms with Crippen LogP contribution in [0.4, 0.5) is 0 Å². The molecule has 0 aliphatic rings. The Morgan fingerprint density at radius 3 is 2.69 bits per heavy atom. The van der Waals surface area contributed by atoms with Crippen molar-refractivity contribution in [1.82, 2.24) is 5.32 Å². The molecule has 1 N–H and O–H groups in total. The number of benzene rings is 1. The van der Waals surface area contributed by atoms with Gasteiger partial charge in [-0.3, -0.25) is 0 Å². The molecule has 0 amide bonds. The van der Waals surface area contributed by atoms with Crippen LogP contribution >= 0.6 is 11.6 Å². The molecule has 90 valence electrons. The Hall–Kier alpha value is -0.530. The van der Waals surface area contributed by atoms with Crippen molar-refractivity contribution < 1.29 is 0 Å². The molecular formula is C14H22ClN. The van der Waals surface area contributed by atoms with E-state index < -0.39 is 0 Å². The Bertz CT molecular complexity index is 323. The Labute approximate surface area is 104 Å². The number of halogens is 1. The number of unbranched alkanes of at least 4 members (excludes halogenated alkanes) is 1. The SMILES string of the molecule is CCCCC(NCC)c1cc(Cl)ccc1C. The maximum absolute atomic E-state index is 6.07. The van der Waals surface area contributed by atoms with Crippen LogP contribution in [0.25, 0.3) is 0 Å². The molecule has 0 aromatic heterocycles. The lowest BCUT2D eigenvalue weighted by atomic mass is 9.97. The highest BCUT2D eigenvalue weighted by Crippen LogP contribution is 2.25. The minimum Gasteiger partial charge on any atom is -0.310 e. The van der Waals surface area contributed by atoms with Crippen LogP contribution in [0.1, 0.15) is 50.3 Å². The van der Waals surface area contributed by atoms with E-state index in [0.29, 0.717) is 6.04 Å². The van der Waals surface area contributed by atoms with Crippen molar-refractivity contribution in [3.63, 3.8) is 0 Å². The minimum absolute atomic E-state index is 0.448. The molecule has 1 aromatic carbocycles. The van der Waals surface area contributed by atoms with Gasteiger partial charge in [-0.1, -0.05) is 44.4 Å². The second-order valence-electron chi connectivity index (χ2n) is 4.25. The van der Waals surface area contributed by atoms with E-state index in [4.69, 9.17) is 11.6 Å². The number of hydrogen-bond donors (Lipinski definition) is 1. The highest BCUT2D eigenvalue weighted by molar-refractivity contribution is 6.30. The quantitative estimate of drug-likeness (QED) is 0.771. The number of nitrogens with one attached hydrogen (secondary N) is 1. The maximum Gasteiger partial charge on any atom is 0.0409 e. The normalized spacial score (nSPS) is 12.8. The molecule has 1 unspecified atom stereocenters. The van der Waals surface area contributed by atoms with Crippen molar-refractivity contribution in [2.24, 2.45) is 0 Å². The summed E-state index contributed by atoms with van der Waals surface area (Å²) >= 11 is 6.07. The first kappa shape index (κ1) is 13.5. The Balaban J connectivity index is 2.85. The van der Waals surface area contributed by atoms with E-state index in [0.717, 1.165) is 11.6 Å². The molecular weight excluding hydrogens is 218 g/mol. The van der Waals surface area contributed by atoms with Gasteiger partial charge in [-0.25, -0.2) is 0 Å². The van der Waals surface area contributed by atoms with Crippen molar-refractivity contribution in [2.45, 2.75) is 46.1 Å². The van der Waals surface area contributed by atoms with Gasteiger partial charge in [-0.2, -0.15) is 0 Å². The van der Waals surface area contributed by atoms with Gasteiger partial charge in [0.2, 0.25) is 0 Å². The van der Waals surface area contributed by atoms with E-state index >= 15 is 0 Å². The van der Waals surface area contributed by atoms with Crippen molar-refractivity contribution in [2.75, 3.05) is 6.54 Å². The summed E-state index contributed by atoms with van der Waals surface area (Å²) in [5.74, 6) is 0. The van der Waals surface area contributed by atoms with Crippen LogP contribution in [-0.4, -0.2) is 6.54 Å². The summed E-state index contributed by atoms with van der Waals surface area (Å²) < 4.78 is 0. The molecule has 0 heterocycles. The van der Waals surface area contributed by atoms with Gasteiger partial charge in [0.05, 0.1) is 0 Å². The summed E-state index contributed by atoms with van der Waals surface area (Å²) in [7, 11) is 0. The zero-order valence-electron chi connectivity index (χ0n) is 10.5. The van der Waals surface area contributed by atoms with E-state index in [1.54, 1.807) is 0 Å². The summed E-state index contributed by atoms with van der Waals surface area (Å²) in [5.41, 5.74) is 2.68. The summed E-state index contributed by atoms with van der Waals surface area (Å²) in [4.78, 5) is 0. The third-order valence-corrected chi connectivity index (χ3v) is 3.15. The Morgan fingerprint density at radius 2 is 2.06 bits per heavy atom. The Morgan fingerprint density at radius 1 is 1.31 bits per heavy atom. The van der Waals surface area contributed by atoms with Gasteiger partial charge in [-0.15, -0.1) is 0 Å². The lowest BCUT2D eigenvalue weighted by Crippen LogP contribution is -2.21. The van der Waals surface area contributed by atoms with Gasteiger partial charge >= 0.3 is 0 Å². The smallest absolute Gasteiger partial charge is 0.0409 e. The van der Waals surface area contributed by atoms with E-state index in [9.17, 15) is 0 Å². The average Bonchev–Trinajstić information content (AvgIpc) is 2.28. The first-order valence-corrected chi connectivity index (χ1v) is 6.56. The predicted octanol–water partition coefficient (Wildman–Crippen LogP) is 4.49. The first-order chi connectivity index (χ1) is 7.69. The zero-order valence-corrected chi connectivity index (χ0v) is 11.3. The highest BCUT2D eigenvalue weighted by atomic mass is 35.5. The molecule has 1 atom stereocenters. The molecule has 0 saturated heterocycles. The van der Waals surface area contributed by atoms with Crippen LogP contribution in [0.5, 0.6) is 0 Å². The molecule has 16 heavy (non-hydrogen) atoms. The molecule has 0 fully saturated rings. The molecule has 1 rings (SSSR count). The lowest BCUT2D eigenvalue weighted by Gasteiger charge is -2.20. The molecule has 0 radical (unpaired) electrons. The first-order valence-electron chi connectivity index (χ1n) is 6.18. The van der Waals surface area contributed by atoms with E-state index in [1.807, 2.05) is 6.07 Å². The van der Waals surface area contributed by atoms with Crippen LogP contribution in [0.15, 0.2) is 18.2 Å². The fraction of sp³-hybridized carbons (Fsp3) is 0.571. The summed E-state index contributed by atoms with van der Waals surface area (Å²) in [6.45, 7) is 7.54. The predicted molar refractivity (Wildman–Crippen MR) is 72.1 cm³/mol. The van der Waals surface area contributed by atoms with Gasteiger partial charge in [0.15, 0.2) is 0 Å². The Kier molecular flexibility index (Phi) is 5.86. The fourth-order valence-corrected chi connectivity index (χ4v) is 2.19. The van der Waals surface area contributed by atoms with Crippen molar-refractivity contribution in [1.29, 1.82) is 0 Å². The van der Waals surface area contributed by atoms with E-state index in [2.05, 4.69) is 38.2 Å². The van der Waals surface area contributed by atoms with Gasteiger partial charge in [0.1, 0.15) is 0 Å². The largest absolute Gasteiger partial charge is 0.310 e. The monoisotopic (exact) mass is 239 g/mol. The van der Waals surface area contributed by atoms with E-state index in [1.165, 1.54) is 30.4 Å². The molecule has 2 heteroatoms. The molecule has 0 aliphatic carbocycles. The van der Waals surface area contributed by atoms with Crippen LogP contribution < -0.4 is 5.32 Å². The number of aryl methyl sites for hydroxylation is 1. The molecule has 0 spiro atoms. The van der Waals surface area contributed by atoms with Gasteiger partial charge < -0.3 is 5.32 Å². The third-order valence-electron chi connectivity index (χ3n) is 2.91. The standard InChI is InChI=1S/C14H22ClN/c1-4-6-7-14(16-5-2)13-10-12(15)9-8-11(13)3/h8-10,14,16H,4-7H2,1-3H3. The van der Waals surface area contributed by atoms with Crippen molar-refractivity contribution in [3.8, 4) is 0 Å². The highest BCUT2D eigenvalue weighted by Gasteiger charge is 2.12. The van der Waals surface area contributed by atoms with E-state index in [-0.39, 0.29) is 0 Å². The molecule has 1 nitrogen and oxygen atoms in total. The second kappa shape index (κ2) is 6.93. The average molecular weight is 240 g/mol. The van der Waals surface area contributed by atoms with Crippen molar-refractivity contribution in [3.05, 3.63) is 34.3 Å². The van der Waals surface area contributed by atoms with Crippen LogP contribution in [0, 0.1) is 6.92 Å². The van der Waals surface area contributed by atoms with Crippen LogP contribution in [-0.2, 0) is 0 Å². The van der Waals surface area contributed by atoms with Crippen molar-refractivity contribution >= 4 is 11.6 Å². The van der Waals surface area contributed by atoms with Crippen LogP contribution in [0.2, 0.25) is 5.02 Å². The van der Waals surface area contributed by atoms with Gasteiger partial charge in [0, 0.05) is 11.1 Å². The topological polar surface area (TPSA) is 12.0 Å². The summed E-state index contributed by atoms with van der Waals surface area (Å²) in [6.07, 6.45) is 3.68. The minimum atomic E-state index is 0.448. The number of hydrogen-bond acceptors (Lipinski definition) is 1. The fourth-order valence-electron chi connectivity index (χ4n) is 2.01. The molecule has 0 bridgehead atoms. The molecule has 0 saturated carbocycles. The molecule has 1 aromatic rings. The zero-order chi connectivity index (χ0) is 12.0. The lowest BCUT2D eigenvalue weighted by molar-refractivity contribution is 0.493. The second-order valence-corrected chi connectivity index (χ2v) is 4.69. The summed E-state index contributed by atoms with van der Waals surface area (Å²) in [6, 6.07) is 6.61. The van der Waals surface area contributed by atoms with Gasteiger partial charge in [0.25, 0.3) is 0 Å². The molecule has 0 aliphatic heterocycles. The maximum atomic E-state index is 6.07. The summed E-state index contributed by atoms with van der Waals surface area (Å²) in [5, 5.41) is 4.38.